The highest BCUT2D eigenvalue weighted by atomic mass is 16.2. The van der Waals surface area contributed by atoms with Crippen molar-refractivity contribution in [1.82, 2.24) is 25.5 Å². The van der Waals surface area contributed by atoms with E-state index in [1.807, 2.05) is 12.1 Å². The van der Waals surface area contributed by atoms with E-state index in [1.54, 1.807) is 44.8 Å². The van der Waals surface area contributed by atoms with Crippen molar-refractivity contribution in [1.29, 1.82) is 0 Å². The number of carbonyl (C=O) groups excluding carboxylic acids is 2. The fourth-order valence-electron chi connectivity index (χ4n) is 1.83. The summed E-state index contributed by atoms with van der Waals surface area (Å²) in [6.45, 7) is 0.693. The molecule has 0 aromatic carbocycles. The van der Waals surface area contributed by atoms with Gasteiger partial charge in [0, 0.05) is 44.8 Å². The third kappa shape index (κ3) is 5.06. The number of hydrogen-bond acceptors (Lipinski definition) is 4. The Bertz CT molecular complexity index is 673. The summed E-state index contributed by atoms with van der Waals surface area (Å²) in [4.78, 5) is 33.2. The van der Waals surface area contributed by atoms with Crippen LogP contribution in [0.15, 0.2) is 42.9 Å². The van der Waals surface area contributed by atoms with Gasteiger partial charge in [0.15, 0.2) is 0 Å². The van der Waals surface area contributed by atoms with Crippen LogP contribution in [-0.2, 0) is 13.1 Å². The van der Waals surface area contributed by atoms with Gasteiger partial charge in [-0.3, -0.25) is 14.8 Å². The van der Waals surface area contributed by atoms with Gasteiger partial charge in [-0.15, -0.1) is 0 Å². The lowest BCUT2D eigenvalue weighted by atomic mass is 10.2. The maximum Gasteiger partial charge on any atom is 0.317 e. The lowest BCUT2D eigenvalue weighted by Gasteiger charge is -2.12. The molecule has 7 heteroatoms. The summed E-state index contributed by atoms with van der Waals surface area (Å²) in [6, 6.07) is 6.78. The van der Waals surface area contributed by atoms with Gasteiger partial charge < -0.3 is 15.5 Å². The summed E-state index contributed by atoms with van der Waals surface area (Å²) in [7, 11) is 3.32. The van der Waals surface area contributed by atoms with Crippen molar-refractivity contribution in [2.75, 3.05) is 14.1 Å². The van der Waals surface area contributed by atoms with Crippen molar-refractivity contribution < 1.29 is 9.59 Å². The van der Waals surface area contributed by atoms with Crippen LogP contribution in [0, 0.1) is 0 Å². The van der Waals surface area contributed by atoms with E-state index in [0.29, 0.717) is 17.8 Å². The Balaban J connectivity index is 1.93. The predicted octanol–water partition coefficient (Wildman–Crippen LogP) is 1.18. The molecule has 2 heterocycles. The van der Waals surface area contributed by atoms with Gasteiger partial charge in [0.2, 0.25) is 0 Å². The third-order valence-electron chi connectivity index (χ3n) is 3.11. The van der Waals surface area contributed by atoms with E-state index in [4.69, 9.17) is 0 Å². The van der Waals surface area contributed by atoms with E-state index in [1.165, 1.54) is 4.90 Å². The summed E-state index contributed by atoms with van der Waals surface area (Å²) < 4.78 is 0. The fraction of sp³-hybridized carbons (Fsp3) is 0.250. The molecule has 3 amide bonds. The molecule has 23 heavy (non-hydrogen) atoms. The number of carbonyl (C=O) groups is 2. The molecule has 2 aromatic rings. The largest absolute Gasteiger partial charge is 0.348 e. The van der Waals surface area contributed by atoms with Gasteiger partial charge in [-0.2, -0.15) is 0 Å². The van der Waals surface area contributed by atoms with Crippen LogP contribution >= 0.6 is 0 Å². The number of rotatable bonds is 5. The lowest BCUT2D eigenvalue weighted by molar-refractivity contribution is 0.0950. The first kappa shape index (κ1) is 16.4. The smallest absolute Gasteiger partial charge is 0.317 e. The maximum absolute atomic E-state index is 12.2. The van der Waals surface area contributed by atoms with Crippen molar-refractivity contribution in [3.63, 3.8) is 0 Å². The van der Waals surface area contributed by atoms with Crippen LogP contribution in [0.4, 0.5) is 4.79 Å². The average Bonchev–Trinajstić information content (AvgIpc) is 2.58. The molecule has 120 valence electrons. The van der Waals surface area contributed by atoms with E-state index in [-0.39, 0.29) is 18.5 Å². The molecule has 0 spiro atoms. The molecule has 0 aliphatic heterocycles. The summed E-state index contributed by atoms with van der Waals surface area (Å²) in [5, 5.41) is 5.54. The second kappa shape index (κ2) is 7.88. The zero-order chi connectivity index (χ0) is 16.7. The molecular formula is C16H19N5O2. The maximum atomic E-state index is 12.2. The topological polar surface area (TPSA) is 87.2 Å². The van der Waals surface area contributed by atoms with Gasteiger partial charge in [0.1, 0.15) is 0 Å². The number of urea groups is 1. The Hall–Kier alpha value is -2.96. The van der Waals surface area contributed by atoms with Gasteiger partial charge in [0.25, 0.3) is 5.91 Å². The van der Waals surface area contributed by atoms with Gasteiger partial charge in [-0.25, -0.2) is 4.79 Å². The van der Waals surface area contributed by atoms with Crippen LogP contribution in [0.25, 0.3) is 0 Å². The molecule has 0 aliphatic carbocycles. The molecule has 0 radical (unpaired) electrons. The van der Waals surface area contributed by atoms with Crippen molar-refractivity contribution in [3.05, 3.63) is 59.7 Å². The van der Waals surface area contributed by atoms with Crippen molar-refractivity contribution >= 4 is 11.9 Å². The Labute approximate surface area is 134 Å². The minimum atomic E-state index is -0.209. The number of nitrogens with zero attached hydrogens (tertiary/aromatic N) is 3. The normalized spacial score (nSPS) is 10.0. The predicted molar refractivity (Wildman–Crippen MR) is 85.6 cm³/mol. The van der Waals surface area contributed by atoms with E-state index in [9.17, 15) is 9.59 Å². The first-order chi connectivity index (χ1) is 11.1. The molecule has 2 N–H and O–H groups in total. The minimum absolute atomic E-state index is 0.190. The van der Waals surface area contributed by atoms with Crippen LogP contribution in [0.2, 0.25) is 0 Å². The Morgan fingerprint density at radius 3 is 2.48 bits per heavy atom. The highest BCUT2D eigenvalue weighted by Gasteiger charge is 2.08. The summed E-state index contributed by atoms with van der Waals surface area (Å²) in [5.74, 6) is -0.190. The van der Waals surface area contributed by atoms with Crippen molar-refractivity contribution in [2.45, 2.75) is 13.1 Å². The molecular weight excluding hydrogens is 294 g/mol. The van der Waals surface area contributed by atoms with Gasteiger partial charge in [-0.05, 0) is 29.8 Å². The van der Waals surface area contributed by atoms with Crippen LogP contribution in [0.5, 0.6) is 0 Å². The summed E-state index contributed by atoms with van der Waals surface area (Å²) in [5.41, 5.74) is 2.10. The number of pyridine rings is 2. The Kier molecular flexibility index (Phi) is 5.62. The zero-order valence-electron chi connectivity index (χ0n) is 13.1. The first-order valence-electron chi connectivity index (χ1n) is 7.13. The van der Waals surface area contributed by atoms with Crippen LogP contribution in [0.3, 0.4) is 0 Å². The lowest BCUT2D eigenvalue weighted by Crippen LogP contribution is -2.34. The van der Waals surface area contributed by atoms with Gasteiger partial charge >= 0.3 is 6.03 Å². The molecule has 0 aliphatic rings. The molecule has 0 bridgehead atoms. The Morgan fingerprint density at radius 1 is 1.04 bits per heavy atom. The van der Waals surface area contributed by atoms with E-state index in [0.717, 1.165) is 5.56 Å². The first-order valence-corrected chi connectivity index (χ1v) is 7.13. The zero-order valence-corrected chi connectivity index (χ0v) is 13.1. The van der Waals surface area contributed by atoms with E-state index >= 15 is 0 Å². The standard InChI is InChI=1S/C16H19N5O2/c1-21(2)16(23)20-11-14-9-13(5-8-18-14)15(22)19-10-12-3-6-17-7-4-12/h3-9H,10-11H2,1-2H3,(H,19,22)(H,20,23). The third-order valence-corrected chi connectivity index (χ3v) is 3.11. The molecule has 0 fully saturated rings. The monoisotopic (exact) mass is 313 g/mol. The SMILES string of the molecule is CN(C)C(=O)NCc1cc(C(=O)NCc2ccncc2)ccn1. The fourth-order valence-corrected chi connectivity index (χ4v) is 1.83. The number of hydrogen-bond donors (Lipinski definition) is 2. The van der Waals surface area contributed by atoms with Crippen LogP contribution < -0.4 is 10.6 Å². The molecule has 0 saturated heterocycles. The number of aromatic nitrogens is 2. The number of amides is 3. The average molecular weight is 313 g/mol. The van der Waals surface area contributed by atoms with Crippen molar-refractivity contribution in [2.24, 2.45) is 0 Å². The molecule has 0 atom stereocenters. The molecule has 7 nitrogen and oxygen atoms in total. The Morgan fingerprint density at radius 2 is 1.78 bits per heavy atom. The second-order valence-corrected chi connectivity index (χ2v) is 5.13. The van der Waals surface area contributed by atoms with Crippen LogP contribution in [0.1, 0.15) is 21.6 Å². The number of nitrogens with one attached hydrogen (secondary N) is 2. The van der Waals surface area contributed by atoms with E-state index in [2.05, 4.69) is 20.6 Å². The quantitative estimate of drug-likeness (QED) is 0.867. The highest BCUT2D eigenvalue weighted by Crippen LogP contribution is 2.03. The van der Waals surface area contributed by atoms with Crippen LogP contribution in [-0.4, -0.2) is 40.9 Å². The van der Waals surface area contributed by atoms with Gasteiger partial charge in [0.05, 0.1) is 12.2 Å². The minimum Gasteiger partial charge on any atom is -0.348 e. The molecule has 2 aromatic heterocycles. The molecule has 0 saturated carbocycles. The molecule has 2 rings (SSSR count). The molecule has 0 unspecified atom stereocenters. The summed E-state index contributed by atoms with van der Waals surface area (Å²) >= 11 is 0. The summed E-state index contributed by atoms with van der Waals surface area (Å²) in [6.07, 6.45) is 4.91. The van der Waals surface area contributed by atoms with Crippen molar-refractivity contribution in [3.8, 4) is 0 Å². The van der Waals surface area contributed by atoms with Gasteiger partial charge in [-0.1, -0.05) is 0 Å². The second-order valence-electron chi connectivity index (χ2n) is 5.13. The van der Waals surface area contributed by atoms with E-state index < -0.39 is 0 Å². The highest BCUT2D eigenvalue weighted by molar-refractivity contribution is 5.94.